The number of nitrogens with zero attached hydrogens (tertiary/aromatic N) is 1. The number of amides is 2. The Hall–Kier alpha value is -2.24. The van der Waals surface area contributed by atoms with Crippen molar-refractivity contribution in [2.24, 2.45) is 0 Å². The zero-order chi connectivity index (χ0) is 22.4. The molecule has 0 spiro atoms. The third kappa shape index (κ3) is 6.14. The smallest absolute Gasteiger partial charge is 0.308 e. The lowest BCUT2D eigenvalue weighted by Crippen LogP contribution is -2.60. The van der Waals surface area contributed by atoms with Crippen LogP contribution in [0.4, 0.5) is 0 Å². The molecule has 0 saturated carbocycles. The monoisotopic (exact) mass is 513 g/mol. The first kappa shape index (κ1) is 23.4. The summed E-state index contributed by atoms with van der Waals surface area (Å²) in [6.07, 6.45) is 1.51. The Morgan fingerprint density at radius 1 is 1.42 bits per heavy atom. The minimum atomic E-state index is -0.872. The Bertz CT molecular complexity index is 861. The quantitative estimate of drug-likeness (QED) is 0.434. The number of ether oxygens (including phenoxy) is 3. The van der Waals surface area contributed by atoms with Gasteiger partial charge in [-0.1, -0.05) is 15.9 Å². The second kappa shape index (κ2) is 10.9. The van der Waals surface area contributed by atoms with Crippen molar-refractivity contribution in [1.82, 2.24) is 15.5 Å². The number of piperazine rings is 1. The summed E-state index contributed by atoms with van der Waals surface area (Å²) in [6.45, 7) is 1.52. The van der Waals surface area contributed by atoms with Gasteiger partial charge in [0.15, 0.2) is 5.11 Å². The van der Waals surface area contributed by atoms with Crippen LogP contribution in [0, 0.1) is 0 Å². The van der Waals surface area contributed by atoms with Gasteiger partial charge < -0.3 is 24.4 Å². The predicted octanol–water partition coefficient (Wildman–Crippen LogP) is 1.39. The van der Waals surface area contributed by atoms with Crippen molar-refractivity contribution in [3.8, 4) is 5.75 Å². The number of nitrogens with one attached hydrogen (secondary N) is 2. The number of rotatable bonds is 6. The third-order valence-corrected chi connectivity index (χ3v) is 5.86. The van der Waals surface area contributed by atoms with Crippen LogP contribution in [0.15, 0.2) is 22.7 Å². The molecular formula is C20H24BrN3O6S. The van der Waals surface area contributed by atoms with Crippen LogP contribution in [-0.4, -0.2) is 73.4 Å². The van der Waals surface area contributed by atoms with E-state index in [1.165, 1.54) is 12.0 Å². The van der Waals surface area contributed by atoms with E-state index in [0.29, 0.717) is 29.9 Å². The van der Waals surface area contributed by atoms with Gasteiger partial charge in [-0.2, -0.15) is 0 Å². The van der Waals surface area contributed by atoms with Crippen LogP contribution >= 0.6 is 28.1 Å². The fourth-order valence-corrected chi connectivity index (χ4v) is 4.11. The SMILES string of the molecule is COc1ccc(Br)cc1C(=O)NC(=S)N1CCNC(=O)C1CC(=O)OCC1CCCO1. The Labute approximate surface area is 193 Å². The molecule has 3 rings (SSSR count). The van der Waals surface area contributed by atoms with Crippen LogP contribution in [0.2, 0.25) is 0 Å². The highest BCUT2D eigenvalue weighted by Crippen LogP contribution is 2.23. The summed E-state index contributed by atoms with van der Waals surface area (Å²) < 4.78 is 16.7. The van der Waals surface area contributed by atoms with Gasteiger partial charge in [-0.15, -0.1) is 0 Å². The Morgan fingerprint density at radius 2 is 2.23 bits per heavy atom. The lowest BCUT2D eigenvalue weighted by molar-refractivity contribution is -0.150. The van der Waals surface area contributed by atoms with E-state index < -0.39 is 17.9 Å². The Morgan fingerprint density at radius 3 is 2.94 bits per heavy atom. The van der Waals surface area contributed by atoms with Crippen LogP contribution in [-0.2, 0) is 19.1 Å². The first-order valence-electron chi connectivity index (χ1n) is 9.89. The largest absolute Gasteiger partial charge is 0.496 e. The molecule has 11 heteroatoms. The first-order valence-corrected chi connectivity index (χ1v) is 11.1. The number of hydrogen-bond acceptors (Lipinski definition) is 7. The molecule has 2 amide bonds. The van der Waals surface area contributed by atoms with Crippen LogP contribution in [0.25, 0.3) is 0 Å². The molecule has 2 unspecified atom stereocenters. The van der Waals surface area contributed by atoms with Gasteiger partial charge in [-0.05, 0) is 43.3 Å². The van der Waals surface area contributed by atoms with Crippen molar-refractivity contribution in [1.29, 1.82) is 0 Å². The lowest BCUT2D eigenvalue weighted by Gasteiger charge is -2.36. The highest BCUT2D eigenvalue weighted by molar-refractivity contribution is 9.10. The van der Waals surface area contributed by atoms with Gasteiger partial charge in [0.25, 0.3) is 5.91 Å². The van der Waals surface area contributed by atoms with Crippen molar-refractivity contribution >= 4 is 51.0 Å². The normalized spacial score (nSPS) is 20.7. The zero-order valence-electron chi connectivity index (χ0n) is 17.0. The van der Waals surface area contributed by atoms with Gasteiger partial charge in [0.05, 0.1) is 25.2 Å². The molecule has 2 N–H and O–H groups in total. The van der Waals surface area contributed by atoms with Crippen molar-refractivity contribution < 1.29 is 28.6 Å². The lowest BCUT2D eigenvalue weighted by atomic mass is 10.1. The Kier molecular flexibility index (Phi) is 8.22. The van der Waals surface area contributed by atoms with E-state index in [2.05, 4.69) is 26.6 Å². The van der Waals surface area contributed by atoms with Gasteiger partial charge in [0, 0.05) is 24.2 Å². The number of carbonyl (C=O) groups excluding carboxylic acids is 3. The fraction of sp³-hybridized carbons (Fsp3) is 0.500. The highest BCUT2D eigenvalue weighted by atomic mass is 79.9. The molecule has 2 heterocycles. The van der Waals surface area contributed by atoms with Crippen molar-refractivity contribution in [3.63, 3.8) is 0 Å². The van der Waals surface area contributed by atoms with E-state index in [9.17, 15) is 14.4 Å². The number of esters is 1. The maximum absolute atomic E-state index is 12.8. The van der Waals surface area contributed by atoms with E-state index in [1.54, 1.807) is 18.2 Å². The van der Waals surface area contributed by atoms with E-state index in [4.69, 9.17) is 26.4 Å². The summed E-state index contributed by atoms with van der Waals surface area (Å²) in [5.74, 6) is -0.967. The van der Waals surface area contributed by atoms with E-state index in [1.807, 2.05) is 0 Å². The summed E-state index contributed by atoms with van der Waals surface area (Å²) in [5.41, 5.74) is 0.285. The summed E-state index contributed by atoms with van der Waals surface area (Å²) >= 11 is 8.71. The molecule has 9 nitrogen and oxygen atoms in total. The Balaban J connectivity index is 1.63. The predicted molar refractivity (Wildman–Crippen MR) is 119 cm³/mol. The fourth-order valence-electron chi connectivity index (χ4n) is 3.43. The van der Waals surface area contributed by atoms with Crippen LogP contribution in [0.1, 0.15) is 29.6 Å². The third-order valence-electron chi connectivity index (χ3n) is 5.03. The number of thiocarbonyl (C=S) groups is 1. The van der Waals surface area contributed by atoms with Crippen LogP contribution < -0.4 is 15.4 Å². The first-order chi connectivity index (χ1) is 14.9. The zero-order valence-corrected chi connectivity index (χ0v) is 19.4. The van der Waals surface area contributed by atoms with Gasteiger partial charge in [0.1, 0.15) is 18.4 Å². The van der Waals surface area contributed by atoms with Gasteiger partial charge in [0.2, 0.25) is 5.91 Å². The molecular weight excluding hydrogens is 490 g/mol. The van der Waals surface area contributed by atoms with Crippen LogP contribution in [0.3, 0.4) is 0 Å². The summed E-state index contributed by atoms with van der Waals surface area (Å²) in [6, 6.07) is 4.15. The molecule has 168 valence electrons. The maximum Gasteiger partial charge on any atom is 0.308 e. The molecule has 1 aromatic rings. The molecule has 1 aromatic carbocycles. The topological polar surface area (TPSA) is 106 Å². The minimum absolute atomic E-state index is 0.0544. The molecule has 31 heavy (non-hydrogen) atoms. The van der Waals surface area contributed by atoms with Crippen molar-refractivity contribution in [3.05, 3.63) is 28.2 Å². The standard InChI is InChI=1S/C20H24BrN3O6S/c1-28-16-5-4-12(21)9-14(16)18(26)23-20(31)24-7-6-22-19(27)15(24)10-17(25)30-11-13-3-2-8-29-13/h4-5,9,13,15H,2-3,6-8,10-11H2,1H3,(H,22,27)(H,23,26,31). The molecule has 2 aliphatic rings. The van der Waals surface area contributed by atoms with Gasteiger partial charge in [-0.3, -0.25) is 19.7 Å². The van der Waals surface area contributed by atoms with Crippen molar-refractivity contribution in [2.75, 3.05) is 33.4 Å². The number of carbonyl (C=O) groups is 3. The molecule has 2 atom stereocenters. The molecule has 0 aromatic heterocycles. The average molecular weight is 514 g/mol. The van der Waals surface area contributed by atoms with Crippen molar-refractivity contribution in [2.45, 2.75) is 31.4 Å². The number of hydrogen-bond donors (Lipinski definition) is 2. The molecule has 2 aliphatic heterocycles. The summed E-state index contributed by atoms with van der Waals surface area (Å²) in [7, 11) is 1.46. The molecule has 0 aliphatic carbocycles. The average Bonchev–Trinajstić information content (AvgIpc) is 3.27. The second-order valence-corrected chi connectivity index (χ2v) is 8.43. The maximum atomic E-state index is 12.8. The summed E-state index contributed by atoms with van der Waals surface area (Å²) in [4.78, 5) is 39.0. The number of methoxy groups -OCH3 is 1. The van der Waals surface area contributed by atoms with Gasteiger partial charge in [-0.25, -0.2) is 0 Å². The molecule has 0 bridgehead atoms. The second-order valence-electron chi connectivity index (χ2n) is 7.13. The van der Waals surface area contributed by atoms with Gasteiger partial charge >= 0.3 is 5.97 Å². The molecule has 0 radical (unpaired) electrons. The number of halogens is 1. The van der Waals surface area contributed by atoms with E-state index in [0.717, 1.165) is 12.8 Å². The number of benzene rings is 1. The summed E-state index contributed by atoms with van der Waals surface area (Å²) in [5, 5.41) is 5.41. The molecule has 2 saturated heterocycles. The van der Waals surface area contributed by atoms with E-state index in [-0.39, 0.29) is 35.7 Å². The highest BCUT2D eigenvalue weighted by Gasteiger charge is 2.34. The van der Waals surface area contributed by atoms with E-state index >= 15 is 0 Å². The molecule has 2 fully saturated rings. The minimum Gasteiger partial charge on any atom is -0.496 e. The van der Waals surface area contributed by atoms with Crippen LogP contribution in [0.5, 0.6) is 5.75 Å².